The smallest absolute Gasteiger partial charge is 0.335 e. The van der Waals surface area contributed by atoms with Crippen molar-refractivity contribution in [2.45, 2.75) is 6.54 Å². The number of barbiturate groups is 1. The number of hydrogen-bond donors (Lipinski definition) is 1. The highest BCUT2D eigenvalue weighted by atomic mass is 19.1. The van der Waals surface area contributed by atoms with E-state index >= 15 is 0 Å². The van der Waals surface area contributed by atoms with Crippen LogP contribution in [0.15, 0.2) is 53.5 Å². The van der Waals surface area contributed by atoms with E-state index in [2.05, 4.69) is 10.3 Å². The lowest BCUT2D eigenvalue weighted by atomic mass is 10.1. The first kappa shape index (κ1) is 18.2. The highest BCUT2D eigenvalue weighted by Crippen LogP contribution is 2.23. The van der Waals surface area contributed by atoms with E-state index in [1.807, 2.05) is 0 Å². The van der Waals surface area contributed by atoms with Gasteiger partial charge in [-0.3, -0.25) is 19.9 Å². The number of carbonyl (C=O) groups excluding carboxylic acids is 3. The molecule has 138 valence electrons. The van der Waals surface area contributed by atoms with Gasteiger partial charge < -0.3 is 4.74 Å². The molecule has 1 N–H and O–H groups in total. The van der Waals surface area contributed by atoms with Crippen LogP contribution >= 0.6 is 0 Å². The molecule has 2 aromatic carbocycles. The number of aliphatic imine (C=N–C) groups is 1. The molecule has 0 bridgehead atoms. The van der Waals surface area contributed by atoms with Crippen molar-refractivity contribution in [1.29, 1.82) is 0 Å². The lowest BCUT2D eigenvalue weighted by molar-refractivity contribution is -0.131. The number of anilines is 1. The summed E-state index contributed by atoms with van der Waals surface area (Å²) >= 11 is 0. The molecule has 1 saturated heterocycles. The van der Waals surface area contributed by atoms with Crippen molar-refractivity contribution >= 4 is 29.7 Å². The van der Waals surface area contributed by atoms with Gasteiger partial charge in [0.1, 0.15) is 11.6 Å². The summed E-state index contributed by atoms with van der Waals surface area (Å²) in [5, 5.41) is 2.15. The van der Waals surface area contributed by atoms with Gasteiger partial charge in [-0.15, -0.1) is 0 Å². The molecule has 1 fully saturated rings. The third kappa shape index (κ3) is 4.00. The average molecular weight is 369 g/mol. The molecular weight excluding hydrogens is 353 g/mol. The zero-order valence-corrected chi connectivity index (χ0v) is 14.4. The summed E-state index contributed by atoms with van der Waals surface area (Å²) < 4.78 is 18.0. The molecule has 1 atom stereocenters. The number of halogens is 1. The first-order valence-corrected chi connectivity index (χ1v) is 8.07. The van der Waals surface area contributed by atoms with Gasteiger partial charge in [-0.1, -0.05) is 12.1 Å². The van der Waals surface area contributed by atoms with Crippen molar-refractivity contribution in [2.75, 3.05) is 12.0 Å². The predicted octanol–water partition coefficient (Wildman–Crippen LogP) is 2.30. The Hall–Kier alpha value is -3.55. The highest BCUT2D eigenvalue weighted by molar-refractivity contribution is 6.32. The Morgan fingerprint density at radius 3 is 2.41 bits per heavy atom. The molecule has 8 heteroatoms. The molecule has 0 aromatic heterocycles. The number of carbonyl (C=O) groups is 3. The van der Waals surface area contributed by atoms with Gasteiger partial charge in [-0.25, -0.2) is 14.1 Å². The summed E-state index contributed by atoms with van der Waals surface area (Å²) in [6, 6.07) is 11.2. The van der Waals surface area contributed by atoms with E-state index in [1.54, 1.807) is 36.4 Å². The fourth-order valence-electron chi connectivity index (χ4n) is 2.55. The maximum absolute atomic E-state index is 12.9. The van der Waals surface area contributed by atoms with E-state index < -0.39 is 23.8 Å². The Morgan fingerprint density at radius 1 is 1.11 bits per heavy atom. The highest BCUT2D eigenvalue weighted by Gasteiger charge is 2.40. The van der Waals surface area contributed by atoms with Crippen LogP contribution in [0.1, 0.15) is 5.56 Å². The second-order valence-corrected chi connectivity index (χ2v) is 5.76. The number of methoxy groups -OCH3 is 1. The van der Waals surface area contributed by atoms with E-state index in [4.69, 9.17) is 4.74 Å². The molecule has 4 amide bonds. The second-order valence-electron chi connectivity index (χ2n) is 5.76. The minimum Gasteiger partial charge on any atom is -0.497 e. The normalized spacial score (nSPS) is 17.3. The molecule has 1 aliphatic rings. The van der Waals surface area contributed by atoms with Crippen LogP contribution in [0.2, 0.25) is 0 Å². The summed E-state index contributed by atoms with van der Waals surface area (Å²) in [4.78, 5) is 41.8. The van der Waals surface area contributed by atoms with Gasteiger partial charge >= 0.3 is 6.03 Å². The van der Waals surface area contributed by atoms with Crippen molar-refractivity contribution in [3.05, 3.63) is 59.9 Å². The molecule has 1 heterocycles. The van der Waals surface area contributed by atoms with Crippen molar-refractivity contribution in [3.8, 4) is 5.75 Å². The zero-order valence-electron chi connectivity index (χ0n) is 14.4. The lowest BCUT2D eigenvalue weighted by Gasteiger charge is -2.28. The Bertz CT molecular complexity index is 894. The number of benzene rings is 2. The summed E-state index contributed by atoms with van der Waals surface area (Å²) in [5.41, 5.74) is 1.03. The van der Waals surface area contributed by atoms with Crippen LogP contribution in [-0.4, -0.2) is 31.2 Å². The monoisotopic (exact) mass is 369 g/mol. The van der Waals surface area contributed by atoms with Crippen molar-refractivity contribution < 1.29 is 23.5 Å². The van der Waals surface area contributed by atoms with Crippen molar-refractivity contribution in [1.82, 2.24) is 5.32 Å². The van der Waals surface area contributed by atoms with E-state index in [0.717, 1.165) is 10.5 Å². The van der Waals surface area contributed by atoms with Crippen LogP contribution in [0, 0.1) is 11.7 Å². The molecule has 0 saturated carbocycles. The minimum absolute atomic E-state index is 0.174. The summed E-state index contributed by atoms with van der Waals surface area (Å²) in [7, 11) is 1.50. The zero-order chi connectivity index (χ0) is 19.4. The Balaban J connectivity index is 1.77. The molecule has 0 spiro atoms. The van der Waals surface area contributed by atoms with E-state index in [-0.39, 0.29) is 12.4 Å². The number of ether oxygens (including phenoxy) is 1. The third-order valence-electron chi connectivity index (χ3n) is 3.97. The number of nitrogens with one attached hydrogen (secondary N) is 1. The maximum Gasteiger partial charge on any atom is 0.335 e. The second kappa shape index (κ2) is 7.77. The summed E-state index contributed by atoms with van der Waals surface area (Å²) in [6.45, 7) is 0.174. The van der Waals surface area contributed by atoms with Crippen molar-refractivity contribution in [2.24, 2.45) is 10.9 Å². The van der Waals surface area contributed by atoms with Crippen LogP contribution in [0.3, 0.4) is 0 Å². The van der Waals surface area contributed by atoms with Gasteiger partial charge in [0.05, 0.1) is 19.3 Å². The van der Waals surface area contributed by atoms with Crippen LogP contribution in [0.25, 0.3) is 0 Å². The molecule has 3 rings (SSSR count). The molecule has 7 nitrogen and oxygen atoms in total. The van der Waals surface area contributed by atoms with Gasteiger partial charge in [0.25, 0.3) is 5.91 Å². The number of imide groups is 2. The SMILES string of the molecule is COc1ccc(N2C(=O)NC(=O)[C@@H](C=NCc3ccc(F)cc3)C2=O)cc1. The number of amides is 4. The minimum atomic E-state index is -1.23. The standard InChI is InChI=1S/C19H16FN3O4/c1-27-15-8-6-14(7-9-15)23-18(25)16(17(24)22-19(23)26)11-21-10-12-2-4-13(20)5-3-12/h2-9,11,16H,10H2,1H3,(H,22,24,26)/t16-/m1/s1. The fourth-order valence-corrected chi connectivity index (χ4v) is 2.55. The number of rotatable bonds is 5. The van der Waals surface area contributed by atoms with Gasteiger partial charge in [-0.2, -0.15) is 0 Å². The number of nitrogens with zero attached hydrogens (tertiary/aromatic N) is 2. The van der Waals surface area contributed by atoms with Gasteiger partial charge in [0, 0.05) is 6.21 Å². The Labute approximate surface area is 154 Å². The Kier molecular flexibility index (Phi) is 5.25. The quantitative estimate of drug-likeness (QED) is 0.647. The summed E-state index contributed by atoms with van der Waals surface area (Å²) in [5.74, 6) is -2.46. The fraction of sp³-hybridized carbons (Fsp3) is 0.158. The molecule has 0 radical (unpaired) electrons. The molecular formula is C19H16FN3O4. The van der Waals surface area contributed by atoms with E-state index in [1.165, 1.54) is 25.5 Å². The molecule has 0 aliphatic carbocycles. The lowest BCUT2D eigenvalue weighted by Crippen LogP contribution is -2.58. The van der Waals surface area contributed by atoms with Gasteiger partial charge in [0.15, 0.2) is 5.92 Å². The van der Waals surface area contributed by atoms with Gasteiger partial charge in [-0.05, 0) is 42.0 Å². The van der Waals surface area contributed by atoms with Crippen LogP contribution in [0.4, 0.5) is 14.9 Å². The van der Waals surface area contributed by atoms with Crippen molar-refractivity contribution in [3.63, 3.8) is 0 Å². The van der Waals surface area contributed by atoms with Crippen LogP contribution < -0.4 is 15.0 Å². The van der Waals surface area contributed by atoms with E-state index in [9.17, 15) is 18.8 Å². The largest absolute Gasteiger partial charge is 0.497 e. The molecule has 0 unspecified atom stereocenters. The van der Waals surface area contributed by atoms with Crippen LogP contribution in [0.5, 0.6) is 5.75 Å². The third-order valence-corrected chi connectivity index (χ3v) is 3.97. The Morgan fingerprint density at radius 2 is 1.78 bits per heavy atom. The first-order chi connectivity index (χ1) is 13.0. The molecule has 2 aromatic rings. The summed E-state index contributed by atoms with van der Waals surface area (Å²) in [6.07, 6.45) is 1.20. The predicted molar refractivity (Wildman–Crippen MR) is 96.1 cm³/mol. The molecule has 1 aliphatic heterocycles. The van der Waals surface area contributed by atoms with Crippen LogP contribution in [-0.2, 0) is 16.1 Å². The topological polar surface area (TPSA) is 88.1 Å². The maximum atomic E-state index is 12.9. The van der Waals surface area contributed by atoms with Gasteiger partial charge in [0.2, 0.25) is 5.91 Å². The number of urea groups is 1. The average Bonchev–Trinajstić information content (AvgIpc) is 2.66. The van der Waals surface area contributed by atoms with E-state index in [0.29, 0.717) is 11.4 Å². The number of hydrogen-bond acceptors (Lipinski definition) is 5. The first-order valence-electron chi connectivity index (χ1n) is 8.07. The molecule has 27 heavy (non-hydrogen) atoms.